The molecule has 0 rings (SSSR count). The summed E-state index contributed by atoms with van der Waals surface area (Å²) in [6, 6.07) is 0. The molecule has 0 saturated heterocycles. The number of hydrogen-bond acceptors (Lipinski definition) is 4. The summed E-state index contributed by atoms with van der Waals surface area (Å²) in [6.45, 7) is 3.84. The smallest absolute Gasteiger partial charge is 0.331 e. The molecule has 0 saturated carbocycles. The Morgan fingerprint density at radius 3 is 2.67 bits per heavy atom. The van der Waals surface area contributed by atoms with E-state index in [0.717, 1.165) is 0 Å². The van der Waals surface area contributed by atoms with E-state index >= 15 is 0 Å². The molecule has 0 aromatic rings. The van der Waals surface area contributed by atoms with Crippen LogP contribution in [0.25, 0.3) is 0 Å². The van der Waals surface area contributed by atoms with Crippen molar-refractivity contribution >= 4 is 5.97 Å². The van der Waals surface area contributed by atoms with Crippen LogP contribution in [0.3, 0.4) is 0 Å². The highest BCUT2D eigenvalue weighted by Crippen LogP contribution is 1.94. The fourth-order valence-corrected chi connectivity index (χ4v) is 0.582. The molecule has 0 amide bonds. The molecule has 4 nitrogen and oxygen atoms in total. The third-order valence-electron chi connectivity index (χ3n) is 1.24. The van der Waals surface area contributed by atoms with Crippen LogP contribution < -0.4 is 0 Å². The van der Waals surface area contributed by atoms with E-state index in [-0.39, 0.29) is 12.7 Å². The maximum absolute atomic E-state index is 10.6. The number of rotatable bonds is 6. The van der Waals surface area contributed by atoms with Crippen molar-refractivity contribution in [3.05, 3.63) is 12.7 Å². The number of methoxy groups -OCH3 is 2. The number of ether oxygens (including phenoxy) is 3. The van der Waals surface area contributed by atoms with Crippen LogP contribution in [-0.2, 0) is 19.0 Å². The lowest BCUT2D eigenvalue weighted by Crippen LogP contribution is -2.21. The lowest BCUT2D eigenvalue weighted by atomic mass is 10.4. The minimum Gasteiger partial charge on any atom is -0.467 e. The first kappa shape index (κ1) is 11.1. The monoisotopic (exact) mass is 174 g/mol. The van der Waals surface area contributed by atoms with Crippen molar-refractivity contribution in [2.45, 2.75) is 6.10 Å². The zero-order chi connectivity index (χ0) is 9.40. The zero-order valence-corrected chi connectivity index (χ0v) is 7.41. The molecule has 1 atom stereocenters. The zero-order valence-electron chi connectivity index (χ0n) is 7.41. The lowest BCUT2D eigenvalue weighted by Gasteiger charge is -2.11. The minimum atomic E-state index is -0.405. The molecule has 0 aromatic heterocycles. The van der Waals surface area contributed by atoms with Gasteiger partial charge >= 0.3 is 5.97 Å². The third-order valence-corrected chi connectivity index (χ3v) is 1.24. The second kappa shape index (κ2) is 6.82. The van der Waals surface area contributed by atoms with Crippen LogP contribution in [0.2, 0.25) is 0 Å². The summed E-state index contributed by atoms with van der Waals surface area (Å²) >= 11 is 0. The summed E-state index contributed by atoms with van der Waals surface area (Å²) in [7, 11) is 2.86. The average molecular weight is 174 g/mol. The van der Waals surface area contributed by atoms with Crippen molar-refractivity contribution in [2.75, 3.05) is 27.4 Å². The van der Waals surface area contributed by atoms with Crippen LogP contribution >= 0.6 is 0 Å². The van der Waals surface area contributed by atoms with Crippen molar-refractivity contribution in [1.29, 1.82) is 0 Å². The van der Waals surface area contributed by atoms with Crippen LogP contribution in [-0.4, -0.2) is 39.5 Å². The van der Waals surface area contributed by atoms with E-state index in [1.54, 1.807) is 13.2 Å². The van der Waals surface area contributed by atoms with Crippen molar-refractivity contribution in [3.63, 3.8) is 0 Å². The summed E-state index contributed by atoms with van der Waals surface area (Å²) in [5.74, 6) is -0.405. The van der Waals surface area contributed by atoms with Gasteiger partial charge in [0.05, 0.1) is 19.8 Å². The first-order valence-corrected chi connectivity index (χ1v) is 3.54. The largest absolute Gasteiger partial charge is 0.467 e. The summed E-state index contributed by atoms with van der Waals surface area (Å²) in [4.78, 5) is 10.6. The third kappa shape index (κ3) is 4.87. The summed E-state index contributed by atoms with van der Waals surface area (Å²) in [5, 5.41) is 0. The Morgan fingerprint density at radius 2 is 2.25 bits per heavy atom. The van der Waals surface area contributed by atoms with Gasteiger partial charge in [0.15, 0.2) is 0 Å². The van der Waals surface area contributed by atoms with E-state index in [4.69, 9.17) is 9.47 Å². The Labute approximate surface area is 72.1 Å². The highest BCUT2D eigenvalue weighted by Gasteiger charge is 2.06. The van der Waals surface area contributed by atoms with Gasteiger partial charge in [-0.15, -0.1) is 6.58 Å². The van der Waals surface area contributed by atoms with Crippen LogP contribution in [0.5, 0.6) is 0 Å². The van der Waals surface area contributed by atoms with Crippen molar-refractivity contribution in [3.8, 4) is 0 Å². The minimum absolute atomic E-state index is 0.0729. The van der Waals surface area contributed by atoms with Crippen molar-refractivity contribution < 1.29 is 19.0 Å². The molecule has 0 aliphatic heterocycles. The van der Waals surface area contributed by atoms with Gasteiger partial charge in [-0.1, -0.05) is 6.08 Å². The fourth-order valence-electron chi connectivity index (χ4n) is 0.582. The molecule has 0 aliphatic carbocycles. The molecule has 0 spiro atoms. The van der Waals surface area contributed by atoms with Crippen LogP contribution in [0, 0.1) is 0 Å². The fraction of sp³-hybridized carbons (Fsp3) is 0.625. The van der Waals surface area contributed by atoms with Gasteiger partial charge in [0.1, 0.15) is 6.61 Å². The quantitative estimate of drug-likeness (QED) is 0.431. The average Bonchev–Trinajstić information content (AvgIpc) is 2.11. The SMILES string of the molecule is C=C[C@@H](COC)OCC(=O)OC. The maximum atomic E-state index is 10.6. The second-order valence-corrected chi connectivity index (χ2v) is 2.12. The molecular formula is C8H14O4. The highest BCUT2D eigenvalue weighted by molar-refractivity contribution is 5.70. The molecule has 0 radical (unpaired) electrons. The van der Waals surface area contributed by atoms with E-state index in [9.17, 15) is 4.79 Å². The van der Waals surface area contributed by atoms with E-state index < -0.39 is 5.97 Å². The van der Waals surface area contributed by atoms with Gasteiger partial charge < -0.3 is 14.2 Å². The molecule has 0 N–H and O–H groups in total. The van der Waals surface area contributed by atoms with Crippen molar-refractivity contribution in [2.24, 2.45) is 0 Å². The van der Waals surface area contributed by atoms with Gasteiger partial charge in [-0.3, -0.25) is 0 Å². The predicted octanol–water partition coefficient (Wildman–Crippen LogP) is 0.377. The molecular weight excluding hydrogens is 160 g/mol. The van der Waals surface area contributed by atoms with E-state index in [1.807, 2.05) is 0 Å². The summed E-state index contributed by atoms with van der Waals surface area (Å²) < 4.78 is 14.3. The molecule has 0 unspecified atom stereocenters. The van der Waals surface area contributed by atoms with Crippen molar-refractivity contribution in [1.82, 2.24) is 0 Å². The first-order chi connectivity index (χ1) is 5.74. The molecule has 70 valence electrons. The van der Waals surface area contributed by atoms with Gasteiger partial charge in [-0.2, -0.15) is 0 Å². The van der Waals surface area contributed by atoms with E-state index in [2.05, 4.69) is 11.3 Å². The Bertz CT molecular complexity index is 144. The number of carbonyl (C=O) groups excluding carboxylic acids is 1. The standard InChI is InChI=1S/C8H14O4/c1-4-7(5-10-2)12-6-8(9)11-3/h4,7H,1,5-6H2,2-3H3/t7-/m0/s1. The number of carbonyl (C=O) groups is 1. The van der Waals surface area contributed by atoms with Crippen LogP contribution in [0.1, 0.15) is 0 Å². The molecule has 0 aliphatic rings. The van der Waals surface area contributed by atoms with E-state index in [0.29, 0.717) is 6.61 Å². The molecule has 12 heavy (non-hydrogen) atoms. The maximum Gasteiger partial charge on any atom is 0.331 e. The van der Waals surface area contributed by atoms with Gasteiger partial charge in [0.2, 0.25) is 0 Å². The Hall–Kier alpha value is -0.870. The van der Waals surface area contributed by atoms with Gasteiger partial charge in [0.25, 0.3) is 0 Å². The molecule has 0 heterocycles. The number of hydrogen-bond donors (Lipinski definition) is 0. The van der Waals surface area contributed by atoms with Gasteiger partial charge in [-0.05, 0) is 0 Å². The second-order valence-electron chi connectivity index (χ2n) is 2.12. The Kier molecular flexibility index (Phi) is 6.32. The molecule has 0 bridgehead atoms. The Balaban J connectivity index is 3.57. The topological polar surface area (TPSA) is 44.8 Å². The number of esters is 1. The van der Waals surface area contributed by atoms with Gasteiger partial charge in [-0.25, -0.2) is 4.79 Å². The molecule has 0 aromatic carbocycles. The molecule has 4 heteroatoms. The van der Waals surface area contributed by atoms with Crippen LogP contribution in [0.15, 0.2) is 12.7 Å². The predicted molar refractivity (Wildman–Crippen MR) is 43.8 cm³/mol. The molecule has 0 fully saturated rings. The first-order valence-electron chi connectivity index (χ1n) is 3.54. The van der Waals surface area contributed by atoms with Gasteiger partial charge in [0, 0.05) is 7.11 Å². The van der Waals surface area contributed by atoms with E-state index in [1.165, 1.54) is 7.11 Å². The van der Waals surface area contributed by atoms with Crippen LogP contribution in [0.4, 0.5) is 0 Å². The summed E-state index contributed by atoms with van der Waals surface area (Å²) in [6.07, 6.45) is 1.32. The highest BCUT2D eigenvalue weighted by atomic mass is 16.6. The Morgan fingerprint density at radius 1 is 1.58 bits per heavy atom. The lowest BCUT2D eigenvalue weighted by molar-refractivity contribution is -0.147. The summed E-state index contributed by atoms with van der Waals surface area (Å²) in [5.41, 5.74) is 0. The normalized spacial score (nSPS) is 12.2.